The monoisotopic (exact) mass is 278 g/mol. The maximum Gasteiger partial charge on any atom is 0.125 e. The van der Waals surface area contributed by atoms with Crippen molar-refractivity contribution in [3.05, 3.63) is 39.9 Å². The molecule has 1 aliphatic rings. The van der Waals surface area contributed by atoms with Crippen molar-refractivity contribution in [2.24, 2.45) is 0 Å². The summed E-state index contributed by atoms with van der Waals surface area (Å²) in [4.78, 5) is 6.17. The van der Waals surface area contributed by atoms with E-state index < -0.39 is 0 Å². The second-order valence-electron chi connectivity index (χ2n) is 4.61. The van der Waals surface area contributed by atoms with Gasteiger partial charge in [0, 0.05) is 22.9 Å². The highest BCUT2D eigenvalue weighted by Crippen LogP contribution is 2.44. The van der Waals surface area contributed by atoms with Crippen LogP contribution in [0.5, 0.6) is 0 Å². The van der Waals surface area contributed by atoms with Crippen molar-refractivity contribution in [3.63, 3.8) is 0 Å². The molecule has 2 aromatic rings. The molecule has 1 heterocycles. The van der Waals surface area contributed by atoms with Gasteiger partial charge in [0.05, 0.1) is 10.7 Å². The van der Waals surface area contributed by atoms with E-state index >= 15 is 0 Å². The number of halogens is 1. The molecule has 1 aromatic heterocycles. The minimum absolute atomic E-state index is 0.681. The zero-order valence-corrected chi connectivity index (χ0v) is 11.8. The Bertz CT molecular complexity index is 561. The first-order valence-electron chi connectivity index (χ1n) is 6.18. The summed E-state index contributed by atoms with van der Waals surface area (Å²) in [6.45, 7) is 0.897. The van der Waals surface area contributed by atoms with Gasteiger partial charge in [-0.05, 0) is 26.0 Å². The maximum absolute atomic E-state index is 6.24. The summed E-state index contributed by atoms with van der Waals surface area (Å²) < 4.78 is 0. The number of aromatic nitrogens is 1. The van der Waals surface area contributed by atoms with Gasteiger partial charge in [0.15, 0.2) is 0 Å². The third kappa shape index (κ3) is 2.30. The van der Waals surface area contributed by atoms with Crippen LogP contribution >= 0.6 is 22.9 Å². The summed E-state index contributed by atoms with van der Waals surface area (Å²) in [6.07, 6.45) is 2.56. The van der Waals surface area contributed by atoms with E-state index in [0.717, 1.165) is 22.1 Å². The van der Waals surface area contributed by atoms with Gasteiger partial charge in [0.1, 0.15) is 5.01 Å². The molecule has 0 radical (unpaired) electrons. The second kappa shape index (κ2) is 5.00. The van der Waals surface area contributed by atoms with Crippen molar-refractivity contribution in [2.75, 3.05) is 7.05 Å². The van der Waals surface area contributed by atoms with Crippen LogP contribution < -0.4 is 5.32 Å². The van der Waals surface area contributed by atoms with Gasteiger partial charge in [-0.2, -0.15) is 0 Å². The fourth-order valence-electron chi connectivity index (χ4n) is 2.08. The topological polar surface area (TPSA) is 24.9 Å². The molecule has 1 aromatic carbocycles. The van der Waals surface area contributed by atoms with Crippen LogP contribution in [0, 0.1) is 0 Å². The van der Waals surface area contributed by atoms with E-state index in [9.17, 15) is 0 Å². The summed E-state index contributed by atoms with van der Waals surface area (Å²) in [6, 6.07) is 7.93. The molecule has 1 aliphatic carbocycles. The van der Waals surface area contributed by atoms with Gasteiger partial charge in [-0.3, -0.25) is 0 Å². The molecule has 0 bridgehead atoms. The lowest BCUT2D eigenvalue weighted by Gasteiger charge is -1.98. The van der Waals surface area contributed by atoms with Crippen LogP contribution in [-0.2, 0) is 6.54 Å². The smallest absolute Gasteiger partial charge is 0.125 e. The average Bonchev–Trinajstić information content (AvgIpc) is 3.13. The highest BCUT2D eigenvalue weighted by Gasteiger charge is 2.29. The van der Waals surface area contributed by atoms with Crippen LogP contribution in [0.15, 0.2) is 24.3 Å². The molecule has 1 N–H and O–H groups in total. The van der Waals surface area contributed by atoms with Gasteiger partial charge in [-0.25, -0.2) is 4.98 Å². The molecule has 4 heteroatoms. The van der Waals surface area contributed by atoms with E-state index in [-0.39, 0.29) is 0 Å². The number of rotatable bonds is 4. The van der Waals surface area contributed by atoms with E-state index in [1.54, 1.807) is 11.3 Å². The third-order valence-electron chi connectivity index (χ3n) is 3.13. The lowest BCUT2D eigenvalue weighted by Crippen LogP contribution is -2.05. The van der Waals surface area contributed by atoms with Crippen LogP contribution in [0.3, 0.4) is 0 Å². The first-order valence-corrected chi connectivity index (χ1v) is 7.38. The van der Waals surface area contributed by atoms with E-state index in [1.165, 1.54) is 23.4 Å². The Balaban J connectivity index is 2.02. The molecule has 94 valence electrons. The van der Waals surface area contributed by atoms with Crippen LogP contribution in [0.1, 0.15) is 29.3 Å². The largest absolute Gasteiger partial charge is 0.315 e. The minimum atomic E-state index is 0.681. The van der Waals surface area contributed by atoms with Gasteiger partial charge in [0.2, 0.25) is 0 Å². The fraction of sp³-hybridized carbons (Fsp3) is 0.357. The van der Waals surface area contributed by atoms with Crippen molar-refractivity contribution >= 4 is 22.9 Å². The maximum atomic E-state index is 6.24. The van der Waals surface area contributed by atoms with Crippen LogP contribution in [0.4, 0.5) is 0 Å². The van der Waals surface area contributed by atoms with Crippen LogP contribution in [0.2, 0.25) is 5.02 Å². The number of benzene rings is 1. The van der Waals surface area contributed by atoms with Gasteiger partial charge in [-0.15, -0.1) is 11.3 Å². The number of nitrogens with zero attached hydrogens (tertiary/aromatic N) is 1. The highest BCUT2D eigenvalue weighted by atomic mass is 35.5. The Morgan fingerprint density at radius 1 is 1.39 bits per heavy atom. The molecule has 1 fully saturated rings. The number of hydrogen-bond donors (Lipinski definition) is 1. The Kier molecular flexibility index (Phi) is 3.37. The molecular weight excluding hydrogens is 264 g/mol. The Morgan fingerprint density at radius 3 is 2.83 bits per heavy atom. The molecule has 3 rings (SSSR count). The van der Waals surface area contributed by atoms with Crippen molar-refractivity contribution < 1.29 is 0 Å². The fourth-order valence-corrected chi connectivity index (χ4v) is 3.56. The first kappa shape index (κ1) is 12.2. The summed E-state index contributed by atoms with van der Waals surface area (Å²) in [5.74, 6) is 0.681. The summed E-state index contributed by atoms with van der Waals surface area (Å²) in [5.41, 5.74) is 2.33. The van der Waals surface area contributed by atoms with Gasteiger partial charge < -0.3 is 5.32 Å². The average molecular weight is 279 g/mol. The van der Waals surface area contributed by atoms with E-state index in [2.05, 4.69) is 5.32 Å². The Hall–Kier alpha value is -0.900. The Labute approximate surface area is 116 Å². The van der Waals surface area contributed by atoms with Gasteiger partial charge >= 0.3 is 0 Å². The number of nitrogens with one attached hydrogen (secondary N) is 1. The van der Waals surface area contributed by atoms with Gasteiger partial charge in [0.25, 0.3) is 0 Å². The molecule has 18 heavy (non-hydrogen) atoms. The van der Waals surface area contributed by atoms with Crippen molar-refractivity contribution in [1.82, 2.24) is 10.3 Å². The van der Waals surface area contributed by atoms with Gasteiger partial charge in [-0.1, -0.05) is 29.8 Å². The number of hydrogen-bond acceptors (Lipinski definition) is 3. The van der Waals surface area contributed by atoms with Crippen molar-refractivity contribution in [3.8, 4) is 10.6 Å². The first-order chi connectivity index (χ1) is 8.79. The molecule has 1 saturated carbocycles. The quantitative estimate of drug-likeness (QED) is 0.912. The highest BCUT2D eigenvalue weighted by molar-refractivity contribution is 7.15. The predicted molar refractivity (Wildman–Crippen MR) is 77.3 cm³/mol. The molecule has 0 atom stereocenters. The molecule has 0 amide bonds. The molecule has 0 aliphatic heterocycles. The van der Waals surface area contributed by atoms with Crippen molar-refractivity contribution in [1.29, 1.82) is 0 Å². The summed E-state index contributed by atoms with van der Waals surface area (Å²) >= 11 is 8.01. The Morgan fingerprint density at radius 2 is 2.17 bits per heavy atom. The second-order valence-corrected chi connectivity index (χ2v) is 6.10. The molecule has 0 spiro atoms. The van der Waals surface area contributed by atoms with Crippen LogP contribution in [-0.4, -0.2) is 12.0 Å². The molecule has 2 nitrogen and oxygen atoms in total. The zero-order valence-electron chi connectivity index (χ0n) is 10.2. The third-order valence-corrected chi connectivity index (χ3v) is 4.57. The zero-order chi connectivity index (χ0) is 12.5. The predicted octanol–water partition coefficient (Wildman–Crippen LogP) is 4.06. The summed E-state index contributed by atoms with van der Waals surface area (Å²) in [5, 5.41) is 5.05. The molecule has 0 saturated heterocycles. The molecular formula is C14H15ClN2S. The van der Waals surface area contributed by atoms with E-state index in [4.69, 9.17) is 16.6 Å². The van der Waals surface area contributed by atoms with E-state index in [0.29, 0.717) is 5.92 Å². The van der Waals surface area contributed by atoms with Crippen molar-refractivity contribution in [2.45, 2.75) is 25.3 Å². The van der Waals surface area contributed by atoms with E-state index in [1.807, 2.05) is 31.3 Å². The standard InChI is InChI=1S/C14H15ClN2S/c1-16-8-12-13(9-6-7-9)17-14(18-12)10-4-2-3-5-11(10)15/h2-5,9,16H,6-8H2,1H3. The lowest BCUT2D eigenvalue weighted by atomic mass is 10.2. The van der Waals surface area contributed by atoms with Crippen LogP contribution in [0.25, 0.3) is 10.6 Å². The number of thiazole rings is 1. The summed E-state index contributed by atoms with van der Waals surface area (Å²) in [7, 11) is 1.98. The lowest BCUT2D eigenvalue weighted by molar-refractivity contribution is 0.813. The molecule has 0 unspecified atom stereocenters. The normalized spacial score (nSPS) is 15.0. The minimum Gasteiger partial charge on any atom is -0.315 e. The SMILES string of the molecule is CNCc1sc(-c2ccccc2Cl)nc1C1CC1.